The number of carbonyl (C=O) groups excluding carboxylic acids is 1. The van der Waals surface area contributed by atoms with Crippen molar-refractivity contribution in [3.05, 3.63) is 36.3 Å². The molecule has 0 radical (unpaired) electrons. The molecule has 0 bridgehead atoms. The number of carboxylic acids is 1. The van der Waals surface area contributed by atoms with Gasteiger partial charge in [0.25, 0.3) is 0 Å². The highest BCUT2D eigenvalue weighted by atomic mass is 16.4. The highest BCUT2D eigenvalue weighted by Crippen LogP contribution is 2.16. The summed E-state index contributed by atoms with van der Waals surface area (Å²) in [5.41, 5.74) is 1.26. The second-order valence-electron chi connectivity index (χ2n) is 3.98. The van der Waals surface area contributed by atoms with Crippen molar-refractivity contribution >= 4 is 17.5 Å². The number of hydrogen-bond donors (Lipinski definition) is 2. The maximum Gasteiger partial charge on any atom is 0.305 e. The first kappa shape index (κ1) is 12.1. The van der Waals surface area contributed by atoms with E-state index in [9.17, 15) is 9.59 Å². The fourth-order valence-electron chi connectivity index (χ4n) is 1.77. The Morgan fingerprint density at radius 1 is 1.50 bits per heavy atom. The number of amides is 1. The van der Waals surface area contributed by atoms with Gasteiger partial charge in [0, 0.05) is 19.3 Å². The molecule has 18 heavy (non-hydrogen) atoms. The molecule has 2 rings (SSSR count). The number of aromatic nitrogens is 2. The van der Waals surface area contributed by atoms with Crippen molar-refractivity contribution in [2.24, 2.45) is 0 Å². The lowest BCUT2D eigenvalue weighted by molar-refractivity contribution is -0.137. The van der Waals surface area contributed by atoms with Crippen LogP contribution in [0.15, 0.2) is 30.6 Å². The lowest BCUT2D eigenvalue weighted by Crippen LogP contribution is -2.28. The summed E-state index contributed by atoms with van der Waals surface area (Å²) in [5.74, 6) is -1.26. The van der Waals surface area contributed by atoms with Crippen molar-refractivity contribution in [3.8, 4) is 0 Å². The molecule has 0 aromatic carbocycles. The van der Waals surface area contributed by atoms with Crippen LogP contribution in [0.5, 0.6) is 0 Å². The second-order valence-corrected chi connectivity index (χ2v) is 3.98. The molecule has 6 heteroatoms. The summed E-state index contributed by atoms with van der Waals surface area (Å²) in [6, 6.07) is 4.90. The van der Waals surface area contributed by atoms with E-state index in [1.807, 2.05) is 24.4 Å². The maximum absolute atomic E-state index is 11.1. The first-order chi connectivity index (χ1) is 8.56. The number of pyridine rings is 1. The SMILES string of the molecule is CC(=O)N[C@H](CC(=O)O)c1cn2ccccc2n1. The summed E-state index contributed by atoms with van der Waals surface area (Å²) in [6.45, 7) is 1.35. The van der Waals surface area contributed by atoms with Gasteiger partial charge < -0.3 is 14.8 Å². The number of hydrogen-bond acceptors (Lipinski definition) is 3. The molecule has 1 atom stereocenters. The van der Waals surface area contributed by atoms with Gasteiger partial charge in [-0.15, -0.1) is 0 Å². The first-order valence-corrected chi connectivity index (χ1v) is 5.49. The van der Waals surface area contributed by atoms with Crippen molar-refractivity contribution < 1.29 is 14.7 Å². The van der Waals surface area contributed by atoms with Crippen LogP contribution < -0.4 is 5.32 Å². The molecule has 0 saturated carbocycles. The molecule has 2 aromatic rings. The second kappa shape index (κ2) is 4.87. The molecule has 94 valence electrons. The minimum Gasteiger partial charge on any atom is -0.481 e. The van der Waals surface area contributed by atoms with E-state index in [4.69, 9.17) is 5.11 Å². The predicted octanol–water partition coefficient (Wildman–Crippen LogP) is 0.986. The van der Waals surface area contributed by atoms with Crippen molar-refractivity contribution in [1.29, 1.82) is 0 Å². The normalized spacial score (nSPS) is 12.3. The van der Waals surface area contributed by atoms with Gasteiger partial charge in [-0.3, -0.25) is 9.59 Å². The van der Waals surface area contributed by atoms with E-state index in [1.165, 1.54) is 6.92 Å². The summed E-state index contributed by atoms with van der Waals surface area (Å²) in [7, 11) is 0. The Balaban J connectivity index is 2.33. The number of rotatable bonds is 4. The first-order valence-electron chi connectivity index (χ1n) is 5.49. The van der Waals surface area contributed by atoms with E-state index >= 15 is 0 Å². The Morgan fingerprint density at radius 2 is 2.28 bits per heavy atom. The average Bonchev–Trinajstić information content (AvgIpc) is 2.70. The predicted molar refractivity (Wildman–Crippen MR) is 64.0 cm³/mol. The molecule has 0 spiro atoms. The molecule has 0 aliphatic heterocycles. The summed E-state index contributed by atoms with van der Waals surface area (Å²) in [4.78, 5) is 26.2. The lowest BCUT2D eigenvalue weighted by Gasteiger charge is -2.12. The van der Waals surface area contributed by atoms with E-state index in [-0.39, 0.29) is 12.3 Å². The molecule has 0 fully saturated rings. The fraction of sp³-hybridized carbons (Fsp3) is 0.250. The summed E-state index contributed by atoms with van der Waals surface area (Å²) < 4.78 is 1.78. The monoisotopic (exact) mass is 247 g/mol. The zero-order valence-corrected chi connectivity index (χ0v) is 9.83. The van der Waals surface area contributed by atoms with Gasteiger partial charge in [0.15, 0.2) is 0 Å². The van der Waals surface area contributed by atoms with Crippen molar-refractivity contribution in [2.45, 2.75) is 19.4 Å². The van der Waals surface area contributed by atoms with Gasteiger partial charge in [-0.05, 0) is 12.1 Å². The van der Waals surface area contributed by atoms with Gasteiger partial charge in [-0.25, -0.2) is 4.98 Å². The van der Waals surface area contributed by atoms with Crippen LogP contribution in [-0.4, -0.2) is 26.4 Å². The minimum absolute atomic E-state index is 0.191. The van der Waals surface area contributed by atoms with Gasteiger partial charge in [0.05, 0.1) is 18.2 Å². The van der Waals surface area contributed by atoms with Gasteiger partial charge in [-0.2, -0.15) is 0 Å². The Hall–Kier alpha value is -2.37. The minimum atomic E-state index is -0.981. The topological polar surface area (TPSA) is 83.7 Å². The third-order valence-electron chi connectivity index (χ3n) is 2.50. The molecular weight excluding hydrogens is 234 g/mol. The fourth-order valence-corrected chi connectivity index (χ4v) is 1.77. The molecule has 2 heterocycles. The molecule has 2 aromatic heterocycles. The Bertz CT molecular complexity index is 542. The average molecular weight is 247 g/mol. The van der Waals surface area contributed by atoms with Gasteiger partial charge in [-0.1, -0.05) is 6.07 Å². The number of imidazole rings is 1. The third-order valence-corrected chi connectivity index (χ3v) is 2.50. The molecule has 0 unspecified atom stereocenters. The maximum atomic E-state index is 11.1. The zero-order chi connectivity index (χ0) is 13.1. The number of carboxylic acid groups (broad SMARTS) is 1. The van der Waals surface area contributed by atoms with Crippen LogP contribution in [-0.2, 0) is 9.59 Å². The zero-order valence-electron chi connectivity index (χ0n) is 9.83. The number of nitrogens with one attached hydrogen (secondary N) is 1. The Labute approximate surface area is 103 Å². The molecule has 0 aliphatic rings. The molecule has 1 amide bonds. The third kappa shape index (κ3) is 2.65. The highest BCUT2D eigenvalue weighted by Gasteiger charge is 2.19. The van der Waals surface area contributed by atoms with E-state index in [0.29, 0.717) is 11.3 Å². The Morgan fingerprint density at radius 3 is 2.89 bits per heavy atom. The van der Waals surface area contributed by atoms with Crippen molar-refractivity contribution in [1.82, 2.24) is 14.7 Å². The standard InChI is InChI=1S/C12H13N3O3/c1-8(16)13-9(6-12(17)18)10-7-15-5-3-2-4-11(15)14-10/h2-5,7,9H,6H2,1H3,(H,13,16)(H,17,18)/t9-/m1/s1. The number of fused-ring (bicyclic) bond motifs is 1. The number of nitrogens with zero attached hydrogens (tertiary/aromatic N) is 2. The van der Waals surface area contributed by atoms with Crippen LogP contribution in [0.3, 0.4) is 0 Å². The van der Waals surface area contributed by atoms with Gasteiger partial charge in [0.2, 0.25) is 5.91 Å². The van der Waals surface area contributed by atoms with Crippen molar-refractivity contribution in [3.63, 3.8) is 0 Å². The van der Waals surface area contributed by atoms with Crippen LogP contribution in [0.1, 0.15) is 25.1 Å². The quantitative estimate of drug-likeness (QED) is 0.843. The van der Waals surface area contributed by atoms with Crippen LogP contribution in [0.2, 0.25) is 0 Å². The van der Waals surface area contributed by atoms with Crippen LogP contribution in [0, 0.1) is 0 Å². The Kier molecular flexibility index (Phi) is 3.27. The smallest absolute Gasteiger partial charge is 0.305 e. The number of carbonyl (C=O) groups is 2. The van der Waals surface area contributed by atoms with Crippen molar-refractivity contribution in [2.75, 3.05) is 0 Å². The molecule has 2 N–H and O–H groups in total. The van der Waals surface area contributed by atoms with Crippen LogP contribution >= 0.6 is 0 Å². The summed E-state index contributed by atoms with van der Waals surface area (Å²) >= 11 is 0. The van der Waals surface area contributed by atoms with E-state index in [2.05, 4.69) is 10.3 Å². The van der Waals surface area contributed by atoms with E-state index in [1.54, 1.807) is 10.6 Å². The highest BCUT2D eigenvalue weighted by molar-refractivity contribution is 5.75. The van der Waals surface area contributed by atoms with Gasteiger partial charge in [0.1, 0.15) is 5.65 Å². The molecular formula is C12H13N3O3. The van der Waals surface area contributed by atoms with Crippen LogP contribution in [0.25, 0.3) is 5.65 Å². The largest absolute Gasteiger partial charge is 0.481 e. The lowest BCUT2D eigenvalue weighted by atomic mass is 10.1. The molecule has 0 aliphatic carbocycles. The van der Waals surface area contributed by atoms with Crippen LogP contribution in [0.4, 0.5) is 0 Å². The molecule has 0 saturated heterocycles. The van der Waals surface area contributed by atoms with E-state index < -0.39 is 12.0 Å². The molecule has 6 nitrogen and oxygen atoms in total. The number of aliphatic carboxylic acids is 1. The summed E-state index contributed by atoms with van der Waals surface area (Å²) in [5, 5.41) is 11.4. The van der Waals surface area contributed by atoms with E-state index in [0.717, 1.165) is 0 Å². The van der Waals surface area contributed by atoms with Gasteiger partial charge >= 0.3 is 5.97 Å². The summed E-state index contributed by atoms with van der Waals surface area (Å²) in [6.07, 6.45) is 3.35.